The first-order chi connectivity index (χ1) is 20.4. The Balaban J connectivity index is 1.06. The van der Waals surface area contributed by atoms with Crippen molar-refractivity contribution in [2.75, 3.05) is 0 Å². The number of esters is 1. The van der Waals surface area contributed by atoms with E-state index in [1.807, 2.05) is 32.1 Å². The van der Waals surface area contributed by atoms with Crippen LogP contribution in [-0.4, -0.2) is 34.5 Å². The second-order valence-electron chi connectivity index (χ2n) is 12.5. The van der Waals surface area contributed by atoms with Crippen molar-refractivity contribution in [3.63, 3.8) is 0 Å². The van der Waals surface area contributed by atoms with Gasteiger partial charge in [-0.1, -0.05) is 36.4 Å². The molecule has 0 saturated carbocycles. The number of aromatic hydroxyl groups is 1. The zero-order valence-electron chi connectivity index (χ0n) is 24.5. The number of nitrogens with one attached hydrogen (secondary N) is 1. The minimum atomic E-state index is -1.10. The van der Waals surface area contributed by atoms with E-state index in [4.69, 9.17) is 24.4 Å². The van der Waals surface area contributed by atoms with Gasteiger partial charge in [0.25, 0.3) is 0 Å². The molecule has 4 heterocycles. The number of carbonyl (C=O) groups is 1. The van der Waals surface area contributed by atoms with Crippen LogP contribution in [0.1, 0.15) is 62.1 Å². The number of allylic oxidation sites excluding steroid dienone is 2. The molecule has 222 valence electrons. The Morgan fingerprint density at radius 3 is 2.79 bits per heavy atom. The van der Waals surface area contributed by atoms with Gasteiger partial charge in [-0.3, -0.25) is 4.79 Å². The summed E-state index contributed by atoms with van der Waals surface area (Å²) >= 11 is 0. The van der Waals surface area contributed by atoms with Crippen LogP contribution in [0.5, 0.6) is 11.5 Å². The van der Waals surface area contributed by atoms with Gasteiger partial charge in [0.2, 0.25) is 0 Å². The van der Waals surface area contributed by atoms with Gasteiger partial charge < -0.3 is 34.8 Å². The Morgan fingerprint density at radius 2 is 1.98 bits per heavy atom. The van der Waals surface area contributed by atoms with Crippen molar-refractivity contribution in [2.24, 2.45) is 5.73 Å². The number of phenolic OH excluding ortho intramolecular Hbond substituents is 1. The SMILES string of the molecule is Cc1cc(=O)c2c(O)c3c(cc2o1)OC(C)(C)[C@H](OC(=O)[C@@]1(C)O[C@@H]1CCC1=C2C=Cc4ccccc4C2NC(N)=C1)C3. The van der Waals surface area contributed by atoms with Crippen molar-refractivity contribution in [1.29, 1.82) is 0 Å². The molecule has 0 bridgehead atoms. The van der Waals surface area contributed by atoms with E-state index in [2.05, 4.69) is 29.6 Å². The molecule has 9 nitrogen and oxygen atoms in total. The first-order valence-corrected chi connectivity index (χ1v) is 14.6. The van der Waals surface area contributed by atoms with E-state index >= 15 is 0 Å². The van der Waals surface area contributed by atoms with Crippen LogP contribution >= 0.6 is 0 Å². The fourth-order valence-corrected chi connectivity index (χ4v) is 6.51. The number of fused-ring (bicyclic) bond motifs is 5. The highest BCUT2D eigenvalue weighted by atomic mass is 16.7. The molecule has 1 saturated heterocycles. The molecule has 4 aliphatic rings. The van der Waals surface area contributed by atoms with Crippen LogP contribution in [0.2, 0.25) is 0 Å². The van der Waals surface area contributed by atoms with Gasteiger partial charge in [-0.15, -0.1) is 0 Å². The first-order valence-electron chi connectivity index (χ1n) is 14.6. The summed E-state index contributed by atoms with van der Waals surface area (Å²) in [6, 6.07) is 11.2. The number of ether oxygens (including phenoxy) is 3. The van der Waals surface area contributed by atoms with Gasteiger partial charge in [0.15, 0.2) is 11.0 Å². The number of carbonyl (C=O) groups excluding carboxylic acids is 1. The second-order valence-corrected chi connectivity index (χ2v) is 12.5. The lowest BCUT2D eigenvalue weighted by Gasteiger charge is -2.39. The lowest BCUT2D eigenvalue weighted by Crippen LogP contribution is -2.50. The molecule has 1 unspecified atom stereocenters. The number of hydrogen-bond acceptors (Lipinski definition) is 9. The largest absolute Gasteiger partial charge is 0.507 e. The second kappa shape index (κ2) is 9.50. The third kappa shape index (κ3) is 4.50. The lowest BCUT2D eigenvalue weighted by molar-refractivity contribution is -0.166. The number of epoxide rings is 1. The van der Waals surface area contributed by atoms with Crippen molar-refractivity contribution in [1.82, 2.24) is 5.32 Å². The Kier molecular flexibility index (Phi) is 6.04. The Bertz CT molecular complexity index is 1850. The average molecular weight is 583 g/mol. The van der Waals surface area contributed by atoms with Crippen LogP contribution in [0.15, 0.2) is 74.7 Å². The molecule has 0 spiro atoms. The summed E-state index contributed by atoms with van der Waals surface area (Å²) in [5, 5.41) is 14.5. The van der Waals surface area contributed by atoms with Crippen LogP contribution in [0.4, 0.5) is 0 Å². The van der Waals surface area contributed by atoms with Crippen molar-refractivity contribution in [3.05, 3.63) is 98.2 Å². The number of aryl methyl sites for hydroxylation is 1. The molecule has 1 aromatic heterocycles. The third-order valence-corrected chi connectivity index (χ3v) is 9.07. The summed E-state index contributed by atoms with van der Waals surface area (Å²) in [5.74, 6) is 0.732. The number of benzene rings is 2. The van der Waals surface area contributed by atoms with E-state index in [1.54, 1.807) is 19.9 Å². The van der Waals surface area contributed by atoms with Crippen molar-refractivity contribution in [3.8, 4) is 11.5 Å². The molecule has 3 aromatic rings. The number of nitrogens with two attached hydrogens (primary N) is 1. The van der Waals surface area contributed by atoms with Gasteiger partial charge in [-0.05, 0) is 68.9 Å². The number of phenols is 1. The van der Waals surface area contributed by atoms with Gasteiger partial charge in [-0.25, -0.2) is 4.79 Å². The Morgan fingerprint density at radius 1 is 1.19 bits per heavy atom. The smallest absolute Gasteiger partial charge is 0.341 e. The van der Waals surface area contributed by atoms with Gasteiger partial charge in [0, 0.05) is 24.1 Å². The molecule has 3 aliphatic heterocycles. The fraction of sp³-hybridized carbons (Fsp3) is 0.353. The first kappa shape index (κ1) is 27.3. The minimum Gasteiger partial charge on any atom is -0.507 e. The lowest BCUT2D eigenvalue weighted by atomic mass is 9.83. The summed E-state index contributed by atoms with van der Waals surface area (Å²) in [6.07, 6.45) is 6.64. The van der Waals surface area contributed by atoms with Crippen LogP contribution in [-0.2, 0) is 20.7 Å². The zero-order chi connectivity index (χ0) is 30.3. The molecular weight excluding hydrogens is 548 g/mol. The van der Waals surface area contributed by atoms with Crippen LogP contribution in [0.25, 0.3) is 17.0 Å². The summed E-state index contributed by atoms with van der Waals surface area (Å²) in [7, 11) is 0. The minimum absolute atomic E-state index is 0.0157. The maximum Gasteiger partial charge on any atom is 0.341 e. The highest BCUT2D eigenvalue weighted by Crippen LogP contribution is 2.46. The highest BCUT2D eigenvalue weighted by Gasteiger charge is 2.60. The van der Waals surface area contributed by atoms with E-state index in [0.717, 1.165) is 16.7 Å². The summed E-state index contributed by atoms with van der Waals surface area (Å²) in [6.45, 7) is 7.06. The Hall–Kier alpha value is -4.50. The number of dihydropyridines is 1. The number of hydrogen-bond donors (Lipinski definition) is 3. The molecular formula is C34H34N2O7. The van der Waals surface area contributed by atoms with Gasteiger partial charge in [-0.2, -0.15) is 0 Å². The predicted molar refractivity (Wildman–Crippen MR) is 160 cm³/mol. The van der Waals surface area contributed by atoms with Gasteiger partial charge in [0.05, 0.1) is 18.0 Å². The van der Waals surface area contributed by atoms with E-state index in [0.29, 0.717) is 35.7 Å². The van der Waals surface area contributed by atoms with E-state index in [1.165, 1.54) is 11.6 Å². The average Bonchev–Trinajstić information content (AvgIpc) is 3.62. The number of rotatable bonds is 5. The monoisotopic (exact) mass is 582 g/mol. The highest BCUT2D eigenvalue weighted by molar-refractivity contribution is 5.87. The summed E-state index contributed by atoms with van der Waals surface area (Å²) in [5.41, 5.74) is 9.18. The van der Waals surface area contributed by atoms with Crippen molar-refractivity contribution in [2.45, 2.75) is 76.4 Å². The van der Waals surface area contributed by atoms with Gasteiger partial charge in [0.1, 0.15) is 39.9 Å². The molecule has 7 rings (SSSR count). The fourth-order valence-electron chi connectivity index (χ4n) is 6.51. The third-order valence-electron chi connectivity index (χ3n) is 9.07. The van der Waals surface area contributed by atoms with Crippen molar-refractivity contribution < 1.29 is 28.5 Å². The molecule has 2 aromatic carbocycles. The zero-order valence-corrected chi connectivity index (χ0v) is 24.5. The summed E-state index contributed by atoms with van der Waals surface area (Å²) < 4.78 is 23.8. The summed E-state index contributed by atoms with van der Waals surface area (Å²) in [4.78, 5) is 26.1. The normalized spacial score (nSPS) is 26.4. The Labute approximate surface area is 248 Å². The predicted octanol–water partition coefficient (Wildman–Crippen LogP) is 4.84. The van der Waals surface area contributed by atoms with Crippen LogP contribution in [0.3, 0.4) is 0 Å². The van der Waals surface area contributed by atoms with E-state index in [-0.39, 0.29) is 40.7 Å². The molecule has 43 heavy (non-hydrogen) atoms. The molecule has 1 aliphatic carbocycles. The topological polar surface area (TPSA) is 137 Å². The van der Waals surface area contributed by atoms with Crippen molar-refractivity contribution >= 4 is 23.0 Å². The quantitative estimate of drug-likeness (QED) is 0.285. The molecule has 0 amide bonds. The van der Waals surface area contributed by atoms with Gasteiger partial charge >= 0.3 is 5.97 Å². The molecule has 1 fully saturated rings. The molecule has 4 atom stereocenters. The van der Waals surface area contributed by atoms with Crippen LogP contribution < -0.4 is 21.2 Å². The van der Waals surface area contributed by atoms with E-state index in [9.17, 15) is 14.7 Å². The van der Waals surface area contributed by atoms with Crippen LogP contribution in [0, 0.1) is 6.92 Å². The maximum atomic E-state index is 13.5. The van der Waals surface area contributed by atoms with E-state index < -0.39 is 23.3 Å². The standard InChI is InChI=1S/C34H34N2O7/c1-17-13-23(37)29-25(40-17)16-24-22(31(29)38)15-27(33(2,3)42-24)41-32(39)34(4)26(43-34)12-10-19-14-28(35)36-30-20-8-6-5-7-18(20)9-11-21(19)30/h5-9,11,13-14,16,26-27,30,36,38H,10,12,15,35H2,1-4H3/t26-,27-,30?,34+/m1/s1. The maximum absolute atomic E-state index is 13.5. The molecule has 9 heteroatoms. The molecule has 0 radical (unpaired) electrons. The molecule has 4 N–H and O–H groups in total.